The summed E-state index contributed by atoms with van der Waals surface area (Å²) in [4.78, 5) is 19.7. The van der Waals surface area contributed by atoms with E-state index >= 15 is 0 Å². The number of piperidine rings is 1. The zero-order valence-electron chi connectivity index (χ0n) is 16.1. The lowest BCUT2D eigenvalue weighted by atomic mass is 9.97. The Hall–Kier alpha value is -2.08. The van der Waals surface area contributed by atoms with Crippen LogP contribution in [0.2, 0.25) is 0 Å². The topological polar surface area (TPSA) is 59.4 Å². The van der Waals surface area contributed by atoms with Crippen LogP contribution in [0.25, 0.3) is 11.0 Å². The maximum absolute atomic E-state index is 12.5. The monoisotopic (exact) mass is 358 g/mol. The number of anilines is 1. The van der Waals surface area contributed by atoms with E-state index in [-0.39, 0.29) is 11.8 Å². The first-order chi connectivity index (χ1) is 12.7. The SMILES string of the molecule is CCC(C)n1c(N2CCCC(C(=O)NCCOC)C2)nc2ccccc21. The Kier molecular flexibility index (Phi) is 6.14. The molecule has 3 rings (SSSR count). The number of hydrogen-bond donors (Lipinski definition) is 1. The standard InChI is InChI=1S/C20H30N4O2/c1-4-15(2)24-18-10-6-5-9-17(18)22-20(24)23-12-7-8-16(14-23)19(25)21-11-13-26-3/h5-6,9-10,15-16H,4,7-8,11-14H2,1-3H3,(H,21,25). The van der Waals surface area contributed by atoms with Crippen molar-refractivity contribution in [3.63, 3.8) is 0 Å². The van der Waals surface area contributed by atoms with Gasteiger partial charge >= 0.3 is 0 Å². The number of fused-ring (bicyclic) bond motifs is 1. The van der Waals surface area contributed by atoms with Gasteiger partial charge in [-0.2, -0.15) is 0 Å². The normalized spacial score (nSPS) is 18.9. The second-order valence-corrected chi connectivity index (χ2v) is 7.10. The Morgan fingerprint density at radius 1 is 1.42 bits per heavy atom. The molecule has 1 fully saturated rings. The molecule has 2 heterocycles. The summed E-state index contributed by atoms with van der Waals surface area (Å²) in [6.07, 6.45) is 2.98. The number of aromatic nitrogens is 2. The first-order valence-corrected chi connectivity index (χ1v) is 9.64. The highest BCUT2D eigenvalue weighted by atomic mass is 16.5. The minimum absolute atomic E-state index is 0.00537. The van der Waals surface area contributed by atoms with E-state index in [2.05, 4.69) is 46.8 Å². The van der Waals surface area contributed by atoms with E-state index in [1.54, 1.807) is 7.11 Å². The molecule has 2 unspecified atom stereocenters. The first-order valence-electron chi connectivity index (χ1n) is 9.64. The van der Waals surface area contributed by atoms with E-state index < -0.39 is 0 Å². The second kappa shape index (κ2) is 8.54. The van der Waals surface area contributed by atoms with Crippen molar-refractivity contribution in [2.75, 3.05) is 38.3 Å². The number of methoxy groups -OCH3 is 1. The quantitative estimate of drug-likeness (QED) is 0.773. The van der Waals surface area contributed by atoms with Gasteiger partial charge in [-0.3, -0.25) is 4.79 Å². The number of imidazole rings is 1. The number of rotatable bonds is 7. The zero-order chi connectivity index (χ0) is 18.5. The summed E-state index contributed by atoms with van der Waals surface area (Å²) in [5.74, 6) is 1.12. The fourth-order valence-corrected chi connectivity index (χ4v) is 3.67. The summed E-state index contributed by atoms with van der Waals surface area (Å²) in [7, 11) is 1.65. The van der Waals surface area contributed by atoms with Crippen molar-refractivity contribution in [1.29, 1.82) is 0 Å². The van der Waals surface area contributed by atoms with Crippen LogP contribution in [0, 0.1) is 5.92 Å². The number of carbonyl (C=O) groups excluding carboxylic acids is 1. The summed E-state index contributed by atoms with van der Waals surface area (Å²) in [5, 5.41) is 2.98. The average molecular weight is 358 g/mol. The van der Waals surface area contributed by atoms with Gasteiger partial charge in [-0.15, -0.1) is 0 Å². The molecule has 1 saturated heterocycles. The molecule has 1 aliphatic heterocycles. The summed E-state index contributed by atoms with van der Waals surface area (Å²) in [5.41, 5.74) is 2.19. The van der Waals surface area contributed by atoms with Crippen molar-refractivity contribution in [2.45, 2.75) is 39.2 Å². The fourth-order valence-electron chi connectivity index (χ4n) is 3.67. The zero-order valence-corrected chi connectivity index (χ0v) is 16.1. The average Bonchev–Trinajstić information content (AvgIpc) is 3.07. The Balaban J connectivity index is 1.83. The molecule has 0 radical (unpaired) electrons. The first kappa shape index (κ1) is 18.7. The van der Waals surface area contributed by atoms with Crippen LogP contribution in [-0.4, -0.2) is 48.8 Å². The van der Waals surface area contributed by atoms with Gasteiger partial charge in [0.15, 0.2) is 0 Å². The van der Waals surface area contributed by atoms with Crippen LogP contribution in [0.5, 0.6) is 0 Å². The Bertz CT molecular complexity index is 742. The molecule has 2 atom stereocenters. The van der Waals surface area contributed by atoms with Crippen molar-refractivity contribution in [2.24, 2.45) is 5.92 Å². The van der Waals surface area contributed by atoms with Crippen molar-refractivity contribution in [1.82, 2.24) is 14.9 Å². The molecular weight excluding hydrogens is 328 g/mol. The molecule has 1 amide bonds. The van der Waals surface area contributed by atoms with E-state index in [9.17, 15) is 4.79 Å². The third-order valence-corrected chi connectivity index (χ3v) is 5.29. The predicted octanol–water partition coefficient (Wildman–Crippen LogP) is 2.99. The molecule has 0 spiro atoms. The van der Waals surface area contributed by atoms with Gasteiger partial charge in [0.25, 0.3) is 0 Å². The van der Waals surface area contributed by atoms with Crippen LogP contribution in [-0.2, 0) is 9.53 Å². The number of ether oxygens (including phenoxy) is 1. The third kappa shape index (κ3) is 3.85. The Morgan fingerprint density at radius 3 is 3.00 bits per heavy atom. The van der Waals surface area contributed by atoms with Crippen molar-refractivity contribution >= 4 is 22.9 Å². The fraction of sp³-hybridized carbons (Fsp3) is 0.600. The van der Waals surface area contributed by atoms with Crippen LogP contribution < -0.4 is 10.2 Å². The Labute approximate surface area is 155 Å². The highest BCUT2D eigenvalue weighted by Crippen LogP contribution is 2.31. The number of amides is 1. The van der Waals surface area contributed by atoms with E-state index in [0.29, 0.717) is 19.2 Å². The highest BCUT2D eigenvalue weighted by Gasteiger charge is 2.29. The van der Waals surface area contributed by atoms with Gasteiger partial charge in [0, 0.05) is 32.8 Å². The minimum Gasteiger partial charge on any atom is -0.383 e. The lowest BCUT2D eigenvalue weighted by Gasteiger charge is -2.34. The predicted molar refractivity (Wildman–Crippen MR) is 105 cm³/mol. The van der Waals surface area contributed by atoms with Gasteiger partial charge in [-0.05, 0) is 38.3 Å². The minimum atomic E-state index is 0.00537. The number of nitrogens with zero attached hydrogens (tertiary/aromatic N) is 3. The lowest BCUT2D eigenvalue weighted by Crippen LogP contribution is -2.44. The number of benzene rings is 1. The smallest absolute Gasteiger partial charge is 0.224 e. The number of hydrogen-bond acceptors (Lipinski definition) is 4. The van der Waals surface area contributed by atoms with Crippen molar-refractivity contribution < 1.29 is 9.53 Å². The molecule has 26 heavy (non-hydrogen) atoms. The molecule has 2 aromatic rings. The molecule has 6 nitrogen and oxygen atoms in total. The number of carbonyl (C=O) groups is 1. The number of nitrogens with one attached hydrogen (secondary N) is 1. The van der Waals surface area contributed by atoms with Gasteiger partial charge in [-0.25, -0.2) is 4.98 Å². The molecule has 1 N–H and O–H groups in total. The van der Waals surface area contributed by atoms with Gasteiger partial charge in [0.2, 0.25) is 11.9 Å². The molecule has 142 valence electrons. The molecule has 1 aromatic heterocycles. The van der Waals surface area contributed by atoms with Gasteiger partial charge in [0.1, 0.15) is 0 Å². The molecule has 6 heteroatoms. The van der Waals surface area contributed by atoms with Crippen LogP contribution in [0.15, 0.2) is 24.3 Å². The molecule has 0 bridgehead atoms. The molecule has 1 aliphatic rings. The maximum atomic E-state index is 12.5. The lowest BCUT2D eigenvalue weighted by molar-refractivity contribution is -0.125. The van der Waals surface area contributed by atoms with Crippen LogP contribution in [0.3, 0.4) is 0 Å². The summed E-state index contributed by atoms with van der Waals surface area (Å²) in [6.45, 7) is 7.21. The van der Waals surface area contributed by atoms with Crippen LogP contribution in [0.1, 0.15) is 39.2 Å². The summed E-state index contributed by atoms with van der Waals surface area (Å²) >= 11 is 0. The van der Waals surface area contributed by atoms with E-state index in [0.717, 1.165) is 43.8 Å². The highest BCUT2D eigenvalue weighted by molar-refractivity contribution is 5.81. The van der Waals surface area contributed by atoms with E-state index in [1.807, 2.05) is 6.07 Å². The molecule has 1 aromatic carbocycles. The van der Waals surface area contributed by atoms with Crippen molar-refractivity contribution in [3.05, 3.63) is 24.3 Å². The molecule has 0 aliphatic carbocycles. The second-order valence-electron chi connectivity index (χ2n) is 7.10. The maximum Gasteiger partial charge on any atom is 0.224 e. The van der Waals surface area contributed by atoms with Crippen LogP contribution >= 0.6 is 0 Å². The largest absolute Gasteiger partial charge is 0.383 e. The van der Waals surface area contributed by atoms with E-state index in [4.69, 9.17) is 9.72 Å². The molecular formula is C20H30N4O2. The van der Waals surface area contributed by atoms with Gasteiger partial charge in [0.05, 0.1) is 23.6 Å². The summed E-state index contributed by atoms with van der Waals surface area (Å²) < 4.78 is 7.35. The Morgan fingerprint density at radius 2 is 2.23 bits per heavy atom. The third-order valence-electron chi connectivity index (χ3n) is 5.29. The van der Waals surface area contributed by atoms with Crippen molar-refractivity contribution in [3.8, 4) is 0 Å². The van der Waals surface area contributed by atoms with Crippen LogP contribution in [0.4, 0.5) is 5.95 Å². The van der Waals surface area contributed by atoms with E-state index in [1.165, 1.54) is 5.52 Å². The molecule has 0 saturated carbocycles. The number of para-hydroxylation sites is 2. The van der Waals surface area contributed by atoms with Gasteiger partial charge < -0.3 is 19.5 Å². The van der Waals surface area contributed by atoms with Gasteiger partial charge in [-0.1, -0.05) is 19.1 Å². The summed E-state index contributed by atoms with van der Waals surface area (Å²) in [6, 6.07) is 8.67.